The molecule has 1 aliphatic rings. The van der Waals surface area contributed by atoms with Crippen molar-refractivity contribution in [3.63, 3.8) is 0 Å². The SMILES string of the molecule is CC(C)CCC(C)NCCSC1CCCC1. The van der Waals surface area contributed by atoms with Gasteiger partial charge in [0.1, 0.15) is 0 Å². The number of thioether (sulfide) groups is 1. The minimum Gasteiger partial charge on any atom is -0.313 e. The highest BCUT2D eigenvalue weighted by atomic mass is 32.2. The van der Waals surface area contributed by atoms with Crippen LogP contribution in [0.1, 0.15) is 59.3 Å². The van der Waals surface area contributed by atoms with Crippen molar-refractivity contribution < 1.29 is 0 Å². The third-order valence-corrected chi connectivity index (χ3v) is 4.81. The maximum Gasteiger partial charge on any atom is 0.00609 e. The molecular weight excluding hydrogens is 214 g/mol. The lowest BCUT2D eigenvalue weighted by atomic mass is 10.0. The lowest BCUT2D eigenvalue weighted by Gasteiger charge is -2.15. The first-order valence-electron chi connectivity index (χ1n) is 7.03. The number of rotatable bonds is 8. The molecule has 1 nitrogen and oxygen atoms in total. The van der Waals surface area contributed by atoms with Crippen molar-refractivity contribution in [2.24, 2.45) is 5.92 Å². The van der Waals surface area contributed by atoms with E-state index in [2.05, 4.69) is 37.8 Å². The van der Waals surface area contributed by atoms with E-state index in [4.69, 9.17) is 0 Å². The summed E-state index contributed by atoms with van der Waals surface area (Å²) < 4.78 is 0. The van der Waals surface area contributed by atoms with Crippen LogP contribution in [0.2, 0.25) is 0 Å². The summed E-state index contributed by atoms with van der Waals surface area (Å²) in [7, 11) is 0. The fourth-order valence-electron chi connectivity index (χ4n) is 2.27. The predicted octanol–water partition coefficient (Wildman–Crippen LogP) is 4.08. The molecule has 1 fully saturated rings. The zero-order valence-corrected chi connectivity index (χ0v) is 12.1. The number of hydrogen-bond donors (Lipinski definition) is 1. The Morgan fingerprint density at radius 2 is 1.81 bits per heavy atom. The summed E-state index contributed by atoms with van der Waals surface area (Å²) >= 11 is 2.19. The van der Waals surface area contributed by atoms with Gasteiger partial charge in [-0.15, -0.1) is 0 Å². The van der Waals surface area contributed by atoms with Gasteiger partial charge in [0, 0.05) is 23.6 Å². The summed E-state index contributed by atoms with van der Waals surface area (Å²) in [6, 6.07) is 0.701. The molecule has 0 aromatic carbocycles. The van der Waals surface area contributed by atoms with Crippen molar-refractivity contribution in [2.45, 2.75) is 70.6 Å². The molecular formula is C14H29NS. The van der Waals surface area contributed by atoms with Gasteiger partial charge in [-0.2, -0.15) is 11.8 Å². The average molecular weight is 243 g/mol. The van der Waals surface area contributed by atoms with E-state index in [1.165, 1.54) is 50.8 Å². The molecule has 0 aromatic heterocycles. The summed E-state index contributed by atoms with van der Waals surface area (Å²) in [5.41, 5.74) is 0. The normalized spacial score (nSPS) is 19.5. The van der Waals surface area contributed by atoms with Gasteiger partial charge in [-0.05, 0) is 38.5 Å². The highest BCUT2D eigenvalue weighted by molar-refractivity contribution is 7.99. The molecule has 0 spiro atoms. The molecule has 96 valence electrons. The smallest absolute Gasteiger partial charge is 0.00609 e. The van der Waals surface area contributed by atoms with Gasteiger partial charge in [-0.1, -0.05) is 26.7 Å². The van der Waals surface area contributed by atoms with Gasteiger partial charge in [0.15, 0.2) is 0 Å². The maximum atomic E-state index is 3.64. The lowest BCUT2D eigenvalue weighted by molar-refractivity contribution is 0.460. The van der Waals surface area contributed by atoms with E-state index in [1.807, 2.05) is 0 Å². The molecule has 0 amide bonds. The van der Waals surface area contributed by atoms with Gasteiger partial charge >= 0.3 is 0 Å². The van der Waals surface area contributed by atoms with Crippen molar-refractivity contribution in [2.75, 3.05) is 12.3 Å². The third-order valence-electron chi connectivity index (χ3n) is 3.43. The van der Waals surface area contributed by atoms with Crippen molar-refractivity contribution in [1.29, 1.82) is 0 Å². The zero-order valence-electron chi connectivity index (χ0n) is 11.3. The quantitative estimate of drug-likeness (QED) is 0.645. The van der Waals surface area contributed by atoms with E-state index in [1.54, 1.807) is 0 Å². The molecule has 1 N–H and O–H groups in total. The van der Waals surface area contributed by atoms with Crippen LogP contribution in [-0.2, 0) is 0 Å². The molecule has 1 saturated carbocycles. The summed E-state index contributed by atoms with van der Waals surface area (Å²) in [6.45, 7) is 8.13. The Hall–Kier alpha value is 0.310. The lowest BCUT2D eigenvalue weighted by Crippen LogP contribution is -2.28. The molecule has 0 aliphatic heterocycles. The number of nitrogens with one attached hydrogen (secondary N) is 1. The largest absolute Gasteiger partial charge is 0.313 e. The van der Waals surface area contributed by atoms with E-state index < -0.39 is 0 Å². The van der Waals surface area contributed by atoms with Crippen LogP contribution in [0.25, 0.3) is 0 Å². The molecule has 16 heavy (non-hydrogen) atoms. The Balaban J connectivity index is 1.89. The van der Waals surface area contributed by atoms with Gasteiger partial charge in [-0.25, -0.2) is 0 Å². The maximum absolute atomic E-state index is 3.64. The average Bonchev–Trinajstić information content (AvgIpc) is 2.74. The van der Waals surface area contributed by atoms with E-state index in [-0.39, 0.29) is 0 Å². The van der Waals surface area contributed by atoms with Crippen molar-refractivity contribution in [3.8, 4) is 0 Å². The van der Waals surface area contributed by atoms with Crippen molar-refractivity contribution >= 4 is 11.8 Å². The fraction of sp³-hybridized carbons (Fsp3) is 1.00. The second-order valence-electron chi connectivity index (χ2n) is 5.60. The Morgan fingerprint density at radius 3 is 2.44 bits per heavy atom. The number of hydrogen-bond acceptors (Lipinski definition) is 2. The van der Waals surface area contributed by atoms with Crippen LogP contribution in [0.15, 0.2) is 0 Å². The van der Waals surface area contributed by atoms with Crippen LogP contribution >= 0.6 is 11.8 Å². The third kappa shape index (κ3) is 6.80. The second-order valence-corrected chi connectivity index (χ2v) is 7.01. The van der Waals surface area contributed by atoms with Gasteiger partial charge in [-0.3, -0.25) is 0 Å². The van der Waals surface area contributed by atoms with E-state index in [0.717, 1.165) is 11.2 Å². The Morgan fingerprint density at radius 1 is 1.12 bits per heavy atom. The van der Waals surface area contributed by atoms with Gasteiger partial charge in [0.05, 0.1) is 0 Å². The fourth-order valence-corrected chi connectivity index (χ4v) is 3.51. The minimum absolute atomic E-state index is 0.701. The molecule has 1 atom stereocenters. The first-order chi connectivity index (χ1) is 7.68. The topological polar surface area (TPSA) is 12.0 Å². The first kappa shape index (κ1) is 14.4. The van der Waals surface area contributed by atoms with E-state index in [9.17, 15) is 0 Å². The Kier molecular flexibility index (Phi) is 7.55. The predicted molar refractivity (Wildman–Crippen MR) is 76.3 cm³/mol. The van der Waals surface area contributed by atoms with Crippen LogP contribution in [-0.4, -0.2) is 23.6 Å². The Bertz CT molecular complexity index is 164. The van der Waals surface area contributed by atoms with Gasteiger partial charge < -0.3 is 5.32 Å². The molecule has 0 saturated heterocycles. The van der Waals surface area contributed by atoms with E-state index in [0.29, 0.717) is 6.04 Å². The van der Waals surface area contributed by atoms with E-state index >= 15 is 0 Å². The minimum atomic E-state index is 0.701. The summed E-state index contributed by atoms with van der Waals surface area (Å²) in [4.78, 5) is 0. The molecule has 0 radical (unpaired) electrons. The molecule has 2 heteroatoms. The van der Waals surface area contributed by atoms with Gasteiger partial charge in [0.25, 0.3) is 0 Å². The molecule has 1 unspecified atom stereocenters. The molecule has 0 aromatic rings. The molecule has 0 heterocycles. The van der Waals surface area contributed by atoms with Crippen LogP contribution in [0.3, 0.4) is 0 Å². The summed E-state index contributed by atoms with van der Waals surface area (Å²) in [6.07, 6.45) is 8.54. The van der Waals surface area contributed by atoms with Crippen LogP contribution in [0, 0.1) is 5.92 Å². The monoisotopic (exact) mass is 243 g/mol. The highest BCUT2D eigenvalue weighted by Gasteiger charge is 2.14. The zero-order chi connectivity index (χ0) is 11.8. The first-order valence-corrected chi connectivity index (χ1v) is 8.08. The standard InChI is InChI=1S/C14H29NS/c1-12(2)8-9-13(3)15-10-11-16-14-6-4-5-7-14/h12-15H,4-11H2,1-3H3. The second kappa shape index (κ2) is 8.41. The van der Waals surface area contributed by atoms with Crippen LogP contribution in [0.4, 0.5) is 0 Å². The van der Waals surface area contributed by atoms with Gasteiger partial charge in [0.2, 0.25) is 0 Å². The molecule has 1 rings (SSSR count). The highest BCUT2D eigenvalue weighted by Crippen LogP contribution is 2.28. The van der Waals surface area contributed by atoms with Crippen molar-refractivity contribution in [3.05, 3.63) is 0 Å². The Labute approximate surface area is 106 Å². The molecule has 1 aliphatic carbocycles. The van der Waals surface area contributed by atoms with Crippen LogP contribution in [0.5, 0.6) is 0 Å². The molecule has 0 bridgehead atoms. The summed E-state index contributed by atoms with van der Waals surface area (Å²) in [5.74, 6) is 2.15. The summed E-state index contributed by atoms with van der Waals surface area (Å²) in [5, 5.41) is 4.62. The van der Waals surface area contributed by atoms with Crippen molar-refractivity contribution in [1.82, 2.24) is 5.32 Å². The van der Waals surface area contributed by atoms with Crippen LogP contribution < -0.4 is 5.32 Å².